The summed E-state index contributed by atoms with van der Waals surface area (Å²) in [6, 6.07) is 9.41. The minimum absolute atomic E-state index is 0.525. The molecule has 2 nitrogen and oxygen atoms in total. The maximum Gasteiger partial charge on any atom is 0.0582 e. The van der Waals surface area contributed by atoms with Crippen molar-refractivity contribution in [3.05, 3.63) is 29.8 Å². The van der Waals surface area contributed by atoms with Gasteiger partial charge in [-0.15, -0.1) is 0 Å². The molecule has 1 saturated carbocycles. The fourth-order valence-electron chi connectivity index (χ4n) is 4.84. The first kappa shape index (κ1) is 14.6. The van der Waals surface area contributed by atoms with Crippen molar-refractivity contribution in [1.82, 2.24) is 0 Å². The van der Waals surface area contributed by atoms with E-state index in [0.29, 0.717) is 17.6 Å². The zero-order valence-corrected chi connectivity index (χ0v) is 13.7. The Morgan fingerprint density at radius 3 is 2.86 bits per heavy atom. The molecule has 0 aromatic heterocycles. The van der Waals surface area contributed by atoms with E-state index in [-0.39, 0.29) is 0 Å². The number of anilines is 1. The van der Waals surface area contributed by atoms with Crippen molar-refractivity contribution in [2.45, 2.75) is 76.4 Å². The Morgan fingerprint density at radius 1 is 1.09 bits per heavy atom. The topological polar surface area (TPSA) is 21.3 Å². The summed E-state index contributed by atoms with van der Waals surface area (Å²) in [7, 11) is 0. The van der Waals surface area contributed by atoms with Crippen molar-refractivity contribution < 1.29 is 4.74 Å². The molecular weight excluding hydrogens is 270 g/mol. The first-order valence-electron chi connectivity index (χ1n) is 9.29. The minimum atomic E-state index is 0.525. The molecule has 1 aliphatic carbocycles. The number of fused-ring (bicyclic) bond motifs is 1. The Labute approximate surface area is 134 Å². The summed E-state index contributed by atoms with van der Waals surface area (Å²) in [4.78, 5) is 0. The quantitative estimate of drug-likeness (QED) is 0.854. The van der Waals surface area contributed by atoms with Crippen LogP contribution in [0.5, 0.6) is 0 Å². The molecule has 0 bridgehead atoms. The third-order valence-corrected chi connectivity index (χ3v) is 6.18. The van der Waals surface area contributed by atoms with Crippen molar-refractivity contribution in [3.63, 3.8) is 0 Å². The standard InChI is InChI=1S/C20H29NO/c1-4-12-20(13-5-1)14-18(22-15-20)11-10-17-9-8-16-6-2-3-7-19(16)21-17/h2-3,6-7,17-18,21H,1,4-5,8-15H2. The van der Waals surface area contributed by atoms with Gasteiger partial charge in [-0.1, -0.05) is 37.5 Å². The van der Waals surface area contributed by atoms with Gasteiger partial charge in [0.15, 0.2) is 0 Å². The number of ether oxygens (including phenoxy) is 1. The Kier molecular flexibility index (Phi) is 4.13. The van der Waals surface area contributed by atoms with Crippen LogP contribution in [0.2, 0.25) is 0 Å². The van der Waals surface area contributed by atoms with E-state index >= 15 is 0 Å². The lowest BCUT2D eigenvalue weighted by Crippen LogP contribution is -2.27. The molecule has 2 heterocycles. The van der Waals surface area contributed by atoms with Crippen molar-refractivity contribution in [2.24, 2.45) is 5.41 Å². The molecule has 2 unspecified atom stereocenters. The van der Waals surface area contributed by atoms with Gasteiger partial charge in [0, 0.05) is 11.7 Å². The summed E-state index contributed by atoms with van der Waals surface area (Å²) in [5.74, 6) is 0. The molecule has 0 radical (unpaired) electrons. The van der Waals surface area contributed by atoms with Gasteiger partial charge >= 0.3 is 0 Å². The second kappa shape index (κ2) is 6.23. The summed E-state index contributed by atoms with van der Waals surface area (Å²) < 4.78 is 6.18. The first-order chi connectivity index (χ1) is 10.8. The third kappa shape index (κ3) is 3.03. The monoisotopic (exact) mass is 299 g/mol. The molecule has 120 valence electrons. The van der Waals surface area contributed by atoms with E-state index in [2.05, 4.69) is 29.6 Å². The van der Waals surface area contributed by atoms with Crippen molar-refractivity contribution in [2.75, 3.05) is 11.9 Å². The third-order valence-electron chi connectivity index (χ3n) is 6.18. The second-order valence-electron chi connectivity index (χ2n) is 7.81. The van der Waals surface area contributed by atoms with Crippen LogP contribution >= 0.6 is 0 Å². The Balaban J connectivity index is 1.28. The average molecular weight is 299 g/mol. The van der Waals surface area contributed by atoms with E-state index in [0.717, 1.165) is 6.61 Å². The maximum absolute atomic E-state index is 6.18. The van der Waals surface area contributed by atoms with Crippen LogP contribution in [-0.2, 0) is 11.2 Å². The summed E-state index contributed by atoms with van der Waals surface area (Å²) in [5, 5.41) is 3.74. The predicted octanol–water partition coefficient (Wildman–Crippen LogP) is 4.93. The van der Waals surface area contributed by atoms with Crippen molar-refractivity contribution >= 4 is 5.69 Å². The van der Waals surface area contributed by atoms with E-state index in [1.54, 1.807) is 0 Å². The van der Waals surface area contributed by atoms with Crippen molar-refractivity contribution in [3.8, 4) is 0 Å². The van der Waals surface area contributed by atoms with Gasteiger partial charge in [0.1, 0.15) is 0 Å². The van der Waals surface area contributed by atoms with Crippen molar-refractivity contribution in [1.29, 1.82) is 0 Å². The summed E-state index contributed by atoms with van der Waals surface area (Å²) in [6.45, 7) is 1.04. The van der Waals surface area contributed by atoms with Crippen LogP contribution in [0.1, 0.15) is 63.4 Å². The molecule has 0 amide bonds. The SMILES string of the molecule is c1ccc2c(c1)CCC(CCC1CC3(CCCCC3)CO1)N2. The highest BCUT2D eigenvalue weighted by Gasteiger charge is 2.40. The van der Waals surface area contributed by atoms with Crippen LogP contribution in [-0.4, -0.2) is 18.8 Å². The maximum atomic E-state index is 6.18. The Hall–Kier alpha value is -1.02. The van der Waals surface area contributed by atoms with E-state index < -0.39 is 0 Å². The molecule has 3 aliphatic rings. The normalized spacial score (nSPS) is 30.0. The van der Waals surface area contributed by atoms with Crippen LogP contribution in [0.25, 0.3) is 0 Å². The molecule has 1 spiro atoms. The van der Waals surface area contributed by atoms with Gasteiger partial charge in [0.05, 0.1) is 12.7 Å². The summed E-state index contributed by atoms with van der Waals surface area (Å²) in [5.41, 5.74) is 3.40. The lowest BCUT2D eigenvalue weighted by atomic mass is 9.72. The van der Waals surface area contributed by atoms with Crippen LogP contribution in [0, 0.1) is 5.41 Å². The van der Waals surface area contributed by atoms with Gasteiger partial charge in [-0.2, -0.15) is 0 Å². The van der Waals surface area contributed by atoms with E-state index in [9.17, 15) is 0 Å². The zero-order valence-electron chi connectivity index (χ0n) is 13.7. The lowest BCUT2D eigenvalue weighted by Gasteiger charge is -2.32. The van der Waals surface area contributed by atoms with Crippen LogP contribution < -0.4 is 5.32 Å². The van der Waals surface area contributed by atoms with Gasteiger partial charge in [0.2, 0.25) is 0 Å². The average Bonchev–Trinajstić information content (AvgIpc) is 2.96. The minimum Gasteiger partial charge on any atom is -0.382 e. The molecule has 1 aromatic rings. The largest absolute Gasteiger partial charge is 0.382 e. The smallest absolute Gasteiger partial charge is 0.0582 e. The molecule has 1 N–H and O–H groups in total. The number of para-hydroxylation sites is 1. The fourth-order valence-corrected chi connectivity index (χ4v) is 4.84. The summed E-state index contributed by atoms with van der Waals surface area (Å²) >= 11 is 0. The summed E-state index contributed by atoms with van der Waals surface area (Å²) in [6.07, 6.45) is 14.0. The predicted molar refractivity (Wildman–Crippen MR) is 91.3 cm³/mol. The number of benzene rings is 1. The number of nitrogens with one attached hydrogen (secondary N) is 1. The zero-order chi connectivity index (χ0) is 14.8. The van der Waals surface area contributed by atoms with Crippen LogP contribution in [0.4, 0.5) is 5.69 Å². The number of hydrogen-bond acceptors (Lipinski definition) is 2. The van der Waals surface area contributed by atoms with Gasteiger partial charge < -0.3 is 10.1 Å². The molecule has 1 aromatic carbocycles. The van der Waals surface area contributed by atoms with Gasteiger partial charge in [-0.3, -0.25) is 0 Å². The highest BCUT2D eigenvalue weighted by Crippen LogP contribution is 2.46. The second-order valence-corrected chi connectivity index (χ2v) is 7.81. The Morgan fingerprint density at radius 2 is 1.95 bits per heavy atom. The Bertz CT molecular complexity index is 506. The molecule has 2 atom stereocenters. The van der Waals surface area contributed by atoms with Gasteiger partial charge in [0.25, 0.3) is 0 Å². The molecule has 22 heavy (non-hydrogen) atoms. The van der Waals surface area contributed by atoms with E-state index in [1.807, 2.05) is 0 Å². The van der Waals surface area contributed by atoms with Crippen LogP contribution in [0.3, 0.4) is 0 Å². The number of rotatable bonds is 3. The first-order valence-corrected chi connectivity index (χ1v) is 9.29. The molecule has 1 saturated heterocycles. The lowest BCUT2D eigenvalue weighted by molar-refractivity contribution is 0.0784. The molecule has 2 fully saturated rings. The molecule has 2 aliphatic heterocycles. The number of aryl methyl sites for hydroxylation is 1. The van der Waals surface area contributed by atoms with Gasteiger partial charge in [-0.05, 0) is 62.0 Å². The molecule has 2 heteroatoms. The van der Waals surface area contributed by atoms with E-state index in [1.165, 1.54) is 75.5 Å². The number of hydrogen-bond donors (Lipinski definition) is 1. The molecule has 4 rings (SSSR count). The fraction of sp³-hybridized carbons (Fsp3) is 0.700. The highest BCUT2D eigenvalue weighted by atomic mass is 16.5. The highest BCUT2D eigenvalue weighted by molar-refractivity contribution is 5.53. The van der Waals surface area contributed by atoms with Crippen LogP contribution in [0.15, 0.2) is 24.3 Å². The van der Waals surface area contributed by atoms with E-state index in [4.69, 9.17) is 4.74 Å². The van der Waals surface area contributed by atoms with Gasteiger partial charge in [-0.25, -0.2) is 0 Å². The molecular formula is C20H29NO.